The van der Waals surface area contributed by atoms with Crippen LogP contribution in [0.4, 0.5) is 5.69 Å². The number of rotatable bonds is 3. The minimum atomic E-state index is -0.932. The van der Waals surface area contributed by atoms with Crippen molar-refractivity contribution in [3.8, 4) is 5.75 Å². The van der Waals surface area contributed by atoms with E-state index in [0.29, 0.717) is 22.9 Å². The molecule has 0 saturated carbocycles. The number of hydrogen-bond acceptors (Lipinski definition) is 4. The first-order valence-corrected chi connectivity index (χ1v) is 8.62. The van der Waals surface area contributed by atoms with Crippen molar-refractivity contribution in [3.05, 3.63) is 71.3 Å². The molecule has 2 aliphatic rings. The monoisotopic (exact) mass is 349 g/mol. The average molecular weight is 349 g/mol. The molecule has 3 atom stereocenters. The van der Waals surface area contributed by atoms with Gasteiger partial charge in [-0.2, -0.15) is 0 Å². The molecule has 0 saturated heterocycles. The van der Waals surface area contributed by atoms with E-state index < -0.39 is 5.97 Å². The summed E-state index contributed by atoms with van der Waals surface area (Å²) in [7, 11) is 0. The molecule has 0 radical (unpaired) electrons. The average Bonchev–Trinajstić information content (AvgIpc) is 3.10. The zero-order valence-electron chi connectivity index (χ0n) is 14.3. The number of carbonyl (C=O) groups is 2. The molecular weight excluding hydrogens is 330 g/mol. The van der Waals surface area contributed by atoms with Gasteiger partial charge in [-0.1, -0.05) is 36.4 Å². The van der Waals surface area contributed by atoms with Gasteiger partial charge in [-0.25, -0.2) is 4.79 Å². The summed E-state index contributed by atoms with van der Waals surface area (Å²) >= 11 is 0. The summed E-state index contributed by atoms with van der Waals surface area (Å²) < 4.78 is 5.10. The van der Waals surface area contributed by atoms with Crippen LogP contribution in [0.2, 0.25) is 0 Å². The van der Waals surface area contributed by atoms with E-state index in [1.54, 1.807) is 24.3 Å². The van der Waals surface area contributed by atoms with E-state index in [-0.39, 0.29) is 17.9 Å². The molecule has 0 aromatic heterocycles. The first kappa shape index (κ1) is 16.4. The third-order valence-electron chi connectivity index (χ3n) is 5.13. The summed E-state index contributed by atoms with van der Waals surface area (Å²) in [5.74, 6) is -0.257. The first-order chi connectivity index (χ1) is 12.5. The number of allylic oxidation sites excluding steroid dienone is 2. The van der Waals surface area contributed by atoms with E-state index in [4.69, 9.17) is 4.74 Å². The van der Waals surface area contributed by atoms with Gasteiger partial charge in [0, 0.05) is 12.8 Å². The molecule has 2 N–H and O–H groups in total. The van der Waals surface area contributed by atoms with Crippen molar-refractivity contribution in [2.75, 3.05) is 5.32 Å². The Balaban J connectivity index is 1.72. The van der Waals surface area contributed by atoms with Gasteiger partial charge in [0.25, 0.3) is 0 Å². The molecule has 0 fully saturated rings. The fourth-order valence-electron chi connectivity index (χ4n) is 4.04. The highest BCUT2D eigenvalue weighted by atomic mass is 16.5. The number of fused-ring (bicyclic) bond motifs is 3. The number of anilines is 1. The summed E-state index contributed by atoms with van der Waals surface area (Å²) in [5.41, 5.74) is 3.08. The maximum Gasteiger partial charge on any atom is 0.337 e. The predicted molar refractivity (Wildman–Crippen MR) is 97.5 cm³/mol. The van der Waals surface area contributed by atoms with Gasteiger partial charge in [0.2, 0.25) is 0 Å². The second kappa shape index (κ2) is 6.33. The summed E-state index contributed by atoms with van der Waals surface area (Å²) in [6.45, 7) is 1.37. The molecule has 132 valence electrons. The number of ether oxygens (including phenoxy) is 1. The Labute approximate surface area is 151 Å². The molecule has 5 heteroatoms. The minimum absolute atomic E-state index is 0.00521. The Hall–Kier alpha value is -3.08. The number of nitrogens with one attached hydrogen (secondary N) is 1. The van der Waals surface area contributed by atoms with Crippen LogP contribution < -0.4 is 10.1 Å². The molecule has 1 heterocycles. The Morgan fingerprint density at radius 2 is 1.92 bits per heavy atom. The maximum absolute atomic E-state index is 11.6. The first-order valence-electron chi connectivity index (χ1n) is 8.62. The lowest BCUT2D eigenvalue weighted by molar-refractivity contribution is -0.131. The lowest BCUT2D eigenvalue weighted by Gasteiger charge is -2.38. The third kappa shape index (κ3) is 2.75. The van der Waals surface area contributed by atoms with Gasteiger partial charge in [-0.15, -0.1) is 0 Å². The Kier molecular flexibility index (Phi) is 3.99. The molecule has 5 nitrogen and oxygen atoms in total. The molecule has 1 aliphatic carbocycles. The van der Waals surface area contributed by atoms with E-state index in [0.717, 1.165) is 17.5 Å². The van der Waals surface area contributed by atoms with Crippen LogP contribution in [0.3, 0.4) is 0 Å². The van der Waals surface area contributed by atoms with Crippen LogP contribution in [0.1, 0.15) is 46.8 Å². The molecule has 0 spiro atoms. The second-order valence-corrected chi connectivity index (χ2v) is 6.71. The largest absolute Gasteiger partial charge is 0.478 e. The fourth-order valence-corrected chi connectivity index (χ4v) is 4.04. The van der Waals surface area contributed by atoms with Crippen LogP contribution in [0.25, 0.3) is 0 Å². The molecule has 4 rings (SSSR count). The van der Waals surface area contributed by atoms with Crippen LogP contribution in [0, 0.1) is 5.92 Å². The van der Waals surface area contributed by atoms with Crippen LogP contribution in [0.15, 0.2) is 54.6 Å². The molecule has 0 unspecified atom stereocenters. The number of para-hydroxylation sites is 1. The van der Waals surface area contributed by atoms with Crippen molar-refractivity contribution in [3.63, 3.8) is 0 Å². The topological polar surface area (TPSA) is 75.6 Å². The van der Waals surface area contributed by atoms with Crippen molar-refractivity contribution in [2.24, 2.45) is 5.92 Å². The lowest BCUT2D eigenvalue weighted by Crippen LogP contribution is -2.30. The van der Waals surface area contributed by atoms with Crippen molar-refractivity contribution < 1.29 is 19.4 Å². The number of hydrogen-bond donors (Lipinski definition) is 2. The number of aromatic carboxylic acids is 1. The smallest absolute Gasteiger partial charge is 0.337 e. The van der Waals surface area contributed by atoms with Gasteiger partial charge in [-0.3, -0.25) is 4.79 Å². The van der Waals surface area contributed by atoms with E-state index in [2.05, 4.69) is 17.5 Å². The van der Waals surface area contributed by atoms with Crippen molar-refractivity contribution >= 4 is 17.6 Å². The van der Waals surface area contributed by atoms with Crippen LogP contribution in [0.5, 0.6) is 5.75 Å². The van der Waals surface area contributed by atoms with E-state index >= 15 is 0 Å². The van der Waals surface area contributed by atoms with E-state index in [1.807, 2.05) is 18.2 Å². The lowest BCUT2D eigenvalue weighted by atomic mass is 9.76. The van der Waals surface area contributed by atoms with Crippen LogP contribution in [-0.4, -0.2) is 17.0 Å². The maximum atomic E-state index is 11.6. The second-order valence-electron chi connectivity index (χ2n) is 6.71. The van der Waals surface area contributed by atoms with Crippen molar-refractivity contribution in [1.82, 2.24) is 0 Å². The summed E-state index contributed by atoms with van der Waals surface area (Å²) in [5, 5.41) is 13.0. The van der Waals surface area contributed by atoms with E-state index in [9.17, 15) is 14.7 Å². The zero-order chi connectivity index (χ0) is 18.3. The van der Waals surface area contributed by atoms with Gasteiger partial charge in [-0.05, 0) is 41.7 Å². The molecule has 1 aliphatic heterocycles. The summed E-state index contributed by atoms with van der Waals surface area (Å²) in [4.78, 5) is 22.7. The summed E-state index contributed by atoms with van der Waals surface area (Å²) in [6, 6.07) is 12.8. The number of carboxylic acid groups (broad SMARTS) is 1. The Morgan fingerprint density at radius 3 is 2.62 bits per heavy atom. The van der Waals surface area contributed by atoms with Gasteiger partial charge in [0.1, 0.15) is 5.75 Å². The number of benzene rings is 2. The standard InChI is InChI=1S/C21H19NO4/c1-12(23)26-14-10-8-13(9-11-14)19-16-5-2-4-15(16)17-6-3-7-18(21(24)25)20(17)22-19/h2-4,6-11,15-16,19,22H,5H2,1H3,(H,24,25)/t15-,16-,19-/m1/s1. The highest BCUT2D eigenvalue weighted by Gasteiger charge is 2.39. The highest BCUT2D eigenvalue weighted by Crippen LogP contribution is 2.50. The third-order valence-corrected chi connectivity index (χ3v) is 5.13. The van der Waals surface area contributed by atoms with Gasteiger partial charge >= 0.3 is 11.9 Å². The highest BCUT2D eigenvalue weighted by molar-refractivity contribution is 5.95. The zero-order valence-corrected chi connectivity index (χ0v) is 14.3. The minimum Gasteiger partial charge on any atom is -0.478 e. The Bertz CT molecular complexity index is 901. The summed E-state index contributed by atoms with van der Waals surface area (Å²) in [6.07, 6.45) is 5.28. The predicted octanol–water partition coefficient (Wildman–Crippen LogP) is 4.14. The van der Waals surface area contributed by atoms with Gasteiger partial charge < -0.3 is 15.2 Å². The van der Waals surface area contributed by atoms with Crippen molar-refractivity contribution in [2.45, 2.75) is 25.3 Å². The molecular formula is C21H19NO4. The number of esters is 1. The molecule has 2 aromatic carbocycles. The molecule has 0 amide bonds. The molecule has 0 bridgehead atoms. The SMILES string of the molecule is CC(=O)Oc1ccc([C@H]2Nc3c(C(=O)O)cccc3[C@@H]3C=CC[C@@H]23)cc1. The fraction of sp³-hybridized carbons (Fsp3) is 0.238. The normalized spacial score (nSPS) is 22.9. The molecule has 2 aromatic rings. The van der Waals surface area contributed by atoms with Crippen LogP contribution >= 0.6 is 0 Å². The number of carbonyl (C=O) groups excluding carboxylic acids is 1. The van der Waals surface area contributed by atoms with Crippen LogP contribution in [-0.2, 0) is 4.79 Å². The van der Waals surface area contributed by atoms with Crippen molar-refractivity contribution in [1.29, 1.82) is 0 Å². The number of carboxylic acids is 1. The Morgan fingerprint density at radius 1 is 1.15 bits per heavy atom. The van der Waals surface area contributed by atoms with E-state index in [1.165, 1.54) is 6.92 Å². The quantitative estimate of drug-likeness (QED) is 0.495. The van der Waals surface area contributed by atoms with Gasteiger partial charge in [0.05, 0.1) is 17.3 Å². The van der Waals surface area contributed by atoms with Gasteiger partial charge in [0.15, 0.2) is 0 Å². The molecule has 26 heavy (non-hydrogen) atoms.